The number of hydrogen-bond donors (Lipinski definition) is 1. The van der Waals surface area contributed by atoms with Crippen LogP contribution >= 0.6 is 0 Å². The largest absolute Gasteiger partial charge is 0.511 e. The molecule has 1 rings (SSSR count). The Morgan fingerprint density at radius 3 is 2.71 bits per heavy atom. The molecule has 0 fully saturated rings. The molecule has 1 heterocycles. The van der Waals surface area contributed by atoms with Crippen molar-refractivity contribution in [1.29, 1.82) is 0 Å². The monoisotopic (exact) mass is 100 g/mol. The minimum absolute atomic E-state index is 0.190. The molecule has 1 aliphatic rings. The Morgan fingerprint density at radius 2 is 2.57 bits per heavy atom. The van der Waals surface area contributed by atoms with Crippen molar-refractivity contribution in [2.75, 3.05) is 6.54 Å². The van der Waals surface area contributed by atoms with Crippen LogP contribution in [-0.4, -0.2) is 16.7 Å². The van der Waals surface area contributed by atoms with E-state index in [0.29, 0.717) is 13.0 Å². The zero-order valence-electron chi connectivity index (χ0n) is 3.79. The summed E-state index contributed by atoms with van der Waals surface area (Å²) in [5, 5.41) is 19.4. The molecule has 1 radical (unpaired) electrons. The molecule has 0 aromatic carbocycles. The number of hydroxylamine groups is 2. The average molecular weight is 100 g/mol. The van der Waals surface area contributed by atoms with Crippen molar-refractivity contribution in [3.8, 4) is 0 Å². The normalized spacial score (nSPS) is 20.1. The Morgan fingerprint density at radius 1 is 1.86 bits per heavy atom. The van der Waals surface area contributed by atoms with E-state index in [1.807, 2.05) is 0 Å². The van der Waals surface area contributed by atoms with Gasteiger partial charge in [-0.2, -0.15) is 0 Å². The standard InChI is InChI=1S/C4H6NO2/c6-4-1-2-5(7)3-4/h3,6H,1-2H2. The molecule has 0 aliphatic carbocycles. The molecule has 1 N–H and O–H groups in total. The Labute approximate surface area is 41.4 Å². The maximum absolute atomic E-state index is 10.1. The second-order valence-electron chi connectivity index (χ2n) is 1.51. The van der Waals surface area contributed by atoms with Gasteiger partial charge in [0.05, 0.1) is 12.7 Å². The van der Waals surface area contributed by atoms with Gasteiger partial charge in [0.25, 0.3) is 0 Å². The highest BCUT2D eigenvalue weighted by atomic mass is 16.5. The van der Waals surface area contributed by atoms with Crippen molar-refractivity contribution in [1.82, 2.24) is 5.06 Å². The van der Waals surface area contributed by atoms with Gasteiger partial charge in [0.2, 0.25) is 0 Å². The van der Waals surface area contributed by atoms with E-state index in [-0.39, 0.29) is 5.76 Å². The van der Waals surface area contributed by atoms with Crippen LogP contribution in [0.1, 0.15) is 6.42 Å². The van der Waals surface area contributed by atoms with Crippen molar-refractivity contribution in [3.63, 3.8) is 0 Å². The lowest BCUT2D eigenvalue weighted by molar-refractivity contribution is -0.105. The molecular formula is C4H6NO2. The van der Waals surface area contributed by atoms with Gasteiger partial charge in [-0.25, -0.2) is 5.06 Å². The summed E-state index contributed by atoms with van der Waals surface area (Å²) in [7, 11) is 0. The molecule has 0 saturated heterocycles. The van der Waals surface area contributed by atoms with Gasteiger partial charge in [-0.15, -0.1) is 0 Å². The zero-order valence-corrected chi connectivity index (χ0v) is 3.79. The maximum Gasteiger partial charge on any atom is 0.112 e. The number of hydrogen-bond acceptors (Lipinski definition) is 2. The van der Waals surface area contributed by atoms with Crippen molar-refractivity contribution in [3.05, 3.63) is 12.0 Å². The second-order valence-corrected chi connectivity index (χ2v) is 1.51. The van der Waals surface area contributed by atoms with Crippen LogP contribution in [0.2, 0.25) is 0 Å². The molecule has 0 spiro atoms. The lowest BCUT2D eigenvalue weighted by atomic mass is 10.4. The fraction of sp³-hybridized carbons (Fsp3) is 0.500. The van der Waals surface area contributed by atoms with E-state index in [0.717, 1.165) is 5.06 Å². The number of aliphatic hydroxyl groups is 1. The fourth-order valence-electron chi connectivity index (χ4n) is 0.520. The number of aliphatic hydroxyl groups excluding tert-OH is 1. The summed E-state index contributed by atoms with van der Waals surface area (Å²) in [5.41, 5.74) is 0. The van der Waals surface area contributed by atoms with Crippen LogP contribution in [0.25, 0.3) is 0 Å². The molecule has 7 heavy (non-hydrogen) atoms. The summed E-state index contributed by atoms with van der Waals surface area (Å²) >= 11 is 0. The predicted octanol–water partition coefficient (Wildman–Crippen LogP) is 0.437. The Bertz CT molecular complexity index is 99.9. The quantitative estimate of drug-likeness (QED) is 0.480. The molecule has 3 heteroatoms. The molecule has 0 bridgehead atoms. The highest BCUT2D eigenvalue weighted by Crippen LogP contribution is 2.07. The van der Waals surface area contributed by atoms with E-state index in [1.54, 1.807) is 0 Å². The van der Waals surface area contributed by atoms with Gasteiger partial charge in [-0.3, -0.25) is 0 Å². The summed E-state index contributed by atoms with van der Waals surface area (Å²) in [6, 6.07) is 0. The molecular weight excluding hydrogens is 94.0 g/mol. The Kier molecular flexibility index (Phi) is 0.906. The molecule has 0 unspecified atom stereocenters. The summed E-state index contributed by atoms with van der Waals surface area (Å²) in [4.78, 5) is 0. The Balaban J connectivity index is 2.50. The molecule has 0 saturated carbocycles. The van der Waals surface area contributed by atoms with E-state index in [1.165, 1.54) is 6.20 Å². The second kappa shape index (κ2) is 1.42. The SMILES string of the molecule is [O]N1C=C(O)CC1. The van der Waals surface area contributed by atoms with Gasteiger partial charge in [-0.1, -0.05) is 5.21 Å². The van der Waals surface area contributed by atoms with E-state index >= 15 is 0 Å². The van der Waals surface area contributed by atoms with Crippen molar-refractivity contribution in [2.24, 2.45) is 0 Å². The third-order valence-electron chi connectivity index (χ3n) is 0.881. The maximum atomic E-state index is 10.1. The number of nitrogens with zero attached hydrogens (tertiary/aromatic N) is 1. The lowest BCUT2D eigenvalue weighted by Crippen LogP contribution is -2.03. The predicted molar refractivity (Wildman–Crippen MR) is 22.7 cm³/mol. The van der Waals surface area contributed by atoms with Gasteiger partial charge in [0, 0.05) is 6.42 Å². The van der Waals surface area contributed by atoms with Crippen molar-refractivity contribution < 1.29 is 10.3 Å². The van der Waals surface area contributed by atoms with Crippen molar-refractivity contribution >= 4 is 0 Å². The summed E-state index contributed by atoms with van der Waals surface area (Å²) in [6.07, 6.45) is 1.70. The molecule has 0 aromatic heterocycles. The van der Waals surface area contributed by atoms with Gasteiger partial charge in [0.15, 0.2) is 0 Å². The smallest absolute Gasteiger partial charge is 0.112 e. The van der Waals surface area contributed by atoms with E-state index in [2.05, 4.69) is 0 Å². The van der Waals surface area contributed by atoms with Crippen LogP contribution < -0.4 is 0 Å². The first-order valence-electron chi connectivity index (χ1n) is 2.12. The highest BCUT2D eigenvalue weighted by molar-refractivity contribution is 4.94. The first kappa shape index (κ1) is 4.46. The summed E-state index contributed by atoms with van der Waals surface area (Å²) < 4.78 is 0. The molecule has 0 aromatic rings. The lowest BCUT2D eigenvalue weighted by Gasteiger charge is -1.94. The van der Waals surface area contributed by atoms with Crippen LogP contribution in [0.4, 0.5) is 0 Å². The average Bonchev–Trinajstić information content (AvgIpc) is 1.87. The topological polar surface area (TPSA) is 43.4 Å². The van der Waals surface area contributed by atoms with Crippen LogP contribution in [0.5, 0.6) is 0 Å². The molecule has 1 aliphatic heterocycles. The first-order valence-corrected chi connectivity index (χ1v) is 2.12. The Hall–Kier alpha value is -0.700. The van der Waals surface area contributed by atoms with Crippen molar-refractivity contribution in [2.45, 2.75) is 6.42 Å². The van der Waals surface area contributed by atoms with E-state index in [4.69, 9.17) is 5.11 Å². The number of rotatable bonds is 0. The minimum atomic E-state index is 0.190. The van der Waals surface area contributed by atoms with Crippen LogP contribution in [0.15, 0.2) is 12.0 Å². The van der Waals surface area contributed by atoms with Gasteiger partial charge in [0.1, 0.15) is 5.76 Å². The third kappa shape index (κ3) is 0.838. The molecule has 3 nitrogen and oxygen atoms in total. The first-order chi connectivity index (χ1) is 3.29. The van der Waals surface area contributed by atoms with Crippen LogP contribution in [0, 0.1) is 0 Å². The summed E-state index contributed by atoms with van der Waals surface area (Å²) in [6.45, 7) is 0.409. The van der Waals surface area contributed by atoms with Crippen LogP contribution in [0.3, 0.4) is 0 Å². The molecule has 0 amide bonds. The minimum Gasteiger partial charge on any atom is -0.511 e. The van der Waals surface area contributed by atoms with Gasteiger partial charge < -0.3 is 5.11 Å². The van der Waals surface area contributed by atoms with E-state index in [9.17, 15) is 5.21 Å². The summed E-state index contributed by atoms with van der Waals surface area (Å²) in [5.74, 6) is 0.190. The van der Waals surface area contributed by atoms with E-state index < -0.39 is 0 Å². The fourth-order valence-corrected chi connectivity index (χ4v) is 0.520. The highest BCUT2D eigenvalue weighted by Gasteiger charge is 2.07. The molecule has 0 atom stereocenters. The third-order valence-corrected chi connectivity index (χ3v) is 0.881. The van der Waals surface area contributed by atoms with Gasteiger partial charge in [-0.05, 0) is 0 Å². The van der Waals surface area contributed by atoms with Gasteiger partial charge >= 0.3 is 0 Å². The molecule has 39 valence electrons. The van der Waals surface area contributed by atoms with Crippen LogP contribution in [-0.2, 0) is 5.21 Å². The zero-order chi connectivity index (χ0) is 5.28.